The molecule has 25 heavy (non-hydrogen) atoms. The van der Waals surface area contributed by atoms with E-state index in [-0.39, 0.29) is 11.5 Å². The van der Waals surface area contributed by atoms with Crippen LogP contribution in [0.15, 0.2) is 95.1 Å². The SMILES string of the molecule is O=C(/C(=N\N=C/c1ccccc1Cl)c1ccccc1)c1ccccc1. The number of ketones is 1. The minimum Gasteiger partial charge on any atom is -0.287 e. The van der Waals surface area contributed by atoms with E-state index in [1.807, 2.05) is 66.7 Å². The lowest BCUT2D eigenvalue weighted by Gasteiger charge is -2.04. The average molecular weight is 347 g/mol. The Bertz CT molecular complexity index is 919. The molecule has 3 nitrogen and oxygen atoms in total. The molecule has 0 aromatic heterocycles. The van der Waals surface area contributed by atoms with Crippen LogP contribution in [-0.4, -0.2) is 17.7 Å². The van der Waals surface area contributed by atoms with Crippen molar-refractivity contribution in [3.05, 3.63) is 107 Å². The van der Waals surface area contributed by atoms with Gasteiger partial charge in [-0.05, 0) is 6.07 Å². The minimum atomic E-state index is -0.178. The van der Waals surface area contributed by atoms with Gasteiger partial charge in [-0.3, -0.25) is 4.79 Å². The van der Waals surface area contributed by atoms with Gasteiger partial charge in [0.25, 0.3) is 0 Å². The fraction of sp³-hybridized carbons (Fsp3) is 0. The van der Waals surface area contributed by atoms with Crippen LogP contribution in [0.25, 0.3) is 0 Å². The Labute approximate surface area is 151 Å². The van der Waals surface area contributed by atoms with Gasteiger partial charge in [0.2, 0.25) is 5.78 Å². The molecule has 0 unspecified atom stereocenters. The molecule has 122 valence electrons. The van der Waals surface area contributed by atoms with E-state index >= 15 is 0 Å². The van der Waals surface area contributed by atoms with Gasteiger partial charge in [-0.15, -0.1) is 5.10 Å². The van der Waals surface area contributed by atoms with Crippen LogP contribution in [0.5, 0.6) is 0 Å². The van der Waals surface area contributed by atoms with Crippen molar-refractivity contribution in [2.75, 3.05) is 0 Å². The zero-order chi connectivity index (χ0) is 17.5. The van der Waals surface area contributed by atoms with Gasteiger partial charge < -0.3 is 0 Å². The summed E-state index contributed by atoms with van der Waals surface area (Å²) in [5.74, 6) is -0.178. The molecule has 3 rings (SSSR count). The van der Waals surface area contributed by atoms with Crippen LogP contribution in [0.3, 0.4) is 0 Å². The van der Waals surface area contributed by atoms with Crippen LogP contribution >= 0.6 is 11.6 Å². The first kappa shape index (κ1) is 16.8. The highest BCUT2D eigenvalue weighted by Crippen LogP contribution is 2.13. The second-order valence-electron chi connectivity index (χ2n) is 5.28. The Hall–Kier alpha value is -3.04. The molecular formula is C21H15ClN2O. The molecule has 0 bridgehead atoms. The summed E-state index contributed by atoms with van der Waals surface area (Å²) < 4.78 is 0. The molecule has 0 amide bonds. The van der Waals surface area contributed by atoms with E-state index in [9.17, 15) is 4.79 Å². The molecule has 0 heterocycles. The molecule has 3 aromatic carbocycles. The molecule has 0 fully saturated rings. The largest absolute Gasteiger partial charge is 0.287 e. The van der Waals surface area contributed by atoms with E-state index < -0.39 is 0 Å². The van der Waals surface area contributed by atoms with Crippen molar-refractivity contribution in [2.24, 2.45) is 10.2 Å². The van der Waals surface area contributed by atoms with Gasteiger partial charge in [-0.25, -0.2) is 0 Å². The second kappa shape index (κ2) is 8.18. The molecule has 0 N–H and O–H groups in total. The number of benzene rings is 3. The molecule has 0 aliphatic rings. The Morgan fingerprint density at radius 2 is 1.32 bits per heavy atom. The zero-order valence-electron chi connectivity index (χ0n) is 13.3. The first-order valence-corrected chi connectivity index (χ1v) is 8.14. The molecule has 0 aliphatic carbocycles. The lowest BCUT2D eigenvalue weighted by Crippen LogP contribution is -2.15. The summed E-state index contributed by atoms with van der Waals surface area (Å²) in [7, 11) is 0. The highest BCUT2D eigenvalue weighted by Gasteiger charge is 2.15. The van der Waals surface area contributed by atoms with Crippen molar-refractivity contribution in [1.82, 2.24) is 0 Å². The van der Waals surface area contributed by atoms with Crippen LogP contribution in [0.4, 0.5) is 0 Å². The molecule has 0 atom stereocenters. The zero-order valence-corrected chi connectivity index (χ0v) is 14.1. The van der Waals surface area contributed by atoms with Crippen molar-refractivity contribution in [3.8, 4) is 0 Å². The highest BCUT2D eigenvalue weighted by atomic mass is 35.5. The Balaban J connectivity index is 1.97. The molecule has 4 heteroatoms. The number of Topliss-reactive ketones (excluding diaryl/α,β-unsaturated/α-hetero) is 1. The van der Waals surface area contributed by atoms with E-state index in [2.05, 4.69) is 10.2 Å². The lowest BCUT2D eigenvalue weighted by molar-refractivity contribution is 0.106. The topological polar surface area (TPSA) is 41.8 Å². The van der Waals surface area contributed by atoms with Gasteiger partial charge in [0, 0.05) is 21.7 Å². The standard InChI is InChI=1S/C21H15ClN2O/c22-19-14-8-7-13-18(19)15-23-24-20(16-9-3-1-4-10-16)21(25)17-11-5-2-6-12-17/h1-15H/b23-15-,24-20-. The number of halogens is 1. The molecular weight excluding hydrogens is 332 g/mol. The maximum atomic E-state index is 12.8. The predicted octanol–water partition coefficient (Wildman–Crippen LogP) is 5.05. The highest BCUT2D eigenvalue weighted by molar-refractivity contribution is 6.51. The van der Waals surface area contributed by atoms with Crippen molar-refractivity contribution >= 4 is 29.3 Å². The summed E-state index contributed by atoms with van der Waals surface area (Å²) in [6.45, 7) is 0. The first-order chi connectivity index (χ1) is 12.3. The Morgan fingerprint density at radius 3 is 1.96 bits per heavy atom. The maximum Gasteiger partial charge on any atom is 0.213 e. The van der Waals surface area contributed by atoms with Gasteiger partial charge in [0.1, 0.15) is 5.71 Å². The van der Waals surface area contributed by atoms with E-state index in [0.29, 0.717) is 16.1 Å². The normalized spacial score (nSPS) is 11.6. The molecule has 0 spiro atoms. The van der Waals surface area contributed by atoms with Gasteiger partial charge in [0.05, 0.1) is 6.21 Å². The number of hydrogen-bond donors (Lipinski definition) is 0. The van der Waals surface area contributed by atoms with Gasteiger partial charge >= 0.3 is 0 Å². The average Bonchev–Trinajstić information content (AvgIpc) is 2.67. The number of rotatable bonds is 5. The summed E-state index contributed by atoms with van der Waals surface area (Å²) in [4.78, 5) is 12.8. The van der Waals surface area contributed by atoms with Crippen molar-refractivity contribution < 1.29 is 4.79 Å². The fourth-order valence-corrected chi connectivity index (χ4v) is 2.47. The van der Waals surface area contributed by atoms with Gasteiger partial charge in [0.15, 0.2) is 0 Å². The van der Waals surface area contributed by atoms with Crippen molar-refractivity contribution in [2.45, 2.75) is 0 Å². The van der Waals surface area contributed by atoms with Gasteiger partial charge in [-0.1, -0.05) is 90.5 Å². The third-order valence-electron chi connectivity index (χ3n) is 3.56. The summed E-state index contributed by atoms with van der Waals surface area (Å²) in [6, 6.07) is 25.6. The van der Waals surface area contributed by atoms with Crippen LogP contribution in [-0.2, 0) is 0 Å². The Morgan fingerprint density at radius 1 is 0.760 bits per heavy atom. The Kier molecular flexibility index (Phi) is 5.50. The molecule has 0 radical (unpaired) electrons. The van der Waals surface area contributed by atoms with Crippen LogP contribution < -0.4 is 0 Å². The second-order valence-corrected chi connectivity index (χ2v) is 5.68. The maximum absolute atomic E-state index is 12.8. The van der Waals surface area contributed by atoms with Gasteiger partial charge in [-0.2, -0.15) is 5.10 Å². The smallest absolute Gasteiger partial charge is 0.213 e. The summed E-state index contributed by atoms with van der Waals surface area (Å²) in [5.41, 5.74) is 2.31. The summed E-state index contributed by atoms with van der Waals surface area (Å²) in [5, 5.41) is 8.85. The third-order valence-corrected chi connectivity index (χ3v) is 3.90. The summed E-state index contributed by atoms with van der Waals surface area (Å²) >= 11 is 6.11. The molecule has 0 saturated carbocycles. The van der Waals surface area contributed by atoms with Crippen molar-refractivity contribution in [3.63, 3.8) is 0 Å². The quantitative estimate of drug-likeness (QED) is 0.362. The minimum absolute atomic E-state index is 0.178. The van der Waals surface area contributed by atoms with Crippen molar-refractivity contribution in [1.29, 1.82) is 0 Å². The first-order valence-electron chi connectivity index (χ1n) is 7.76. The van der Waals surface area contributed by atoms with E-state index in [1.54, 1.807) is 24.4 Å². The number of hydrogen-bond acceptors (Lipinski definition) is 3. The van der Waals surface area contributed by atoms with E-state index in [4.69, 9.17) is 11.6 Å². The fourth-order valence-electron chi connectivity index (χ4n) is 2.29. The van der Waals surface area contributed by atoms with E-state index in [0.717, 1.165) is 5.56 Å². The number of nitrogens with zero attached hydrogens (tertiary/aromatic N) is 2. The predicted molar refractivity (Wildman–Crippen MR) is 103 cm³/mol. The number of carbonyl (C=O) groups excluding carboxylic acids is 1. The molecule has 3 aromatic rings. The third kappa shape index (κ3) is 4.28. The molecule has 0 aliphatic heterocycles. The van der Waals surface area contributed by atoms with Crippen LogP contribution in [0.1, 0.15) is 21.5 Å². The molecule has 0 saturated heterocycles. The lowest BCUT2D eigenvalue weighted by atomic mass is 10.0. The van der Waals surface area contributed by atoms with Crippen LogP contribution in [0.2, 0.25) is 5.02 Å². The monoisotopic (exact) mass is 346 g/mol. The van der Waals surface area contributed by atoms with Crippen LogP contribution in [0, 0.1) is 0 Å². The number of carbonyl (C=O) groups is 1. The van der Waals surface area contributed by atoms with E-state index in [1.165, 1.54) is 0 Å². The summed E-state index contributed by atoms with van der Waals surface area (Å²) in [6.07, 6.45) is 1.55.